The molecule has 16 heavy (non-hydrogen) atoms. The molecule has 0 heterocycles. The van der Waals surface area contributed by atoms with Gasteiger partial charge in [0.1, 0.15) is 0 Å². The molecule has 0 atom stereocenters. The van der Waals surface area contributed by atoms with E-state index in [1.807, 2.05) is 12.1 Å². The zero-order valence-electron chi connectivity index (χ0n) is 8.00. The van der Waals surface area contributed by atoms with Crippen LogP contribution in [0.3, 0.4) is 0 Å². The maximum atomic E-state index is 9.96. The van der Waals surface area contributed by atoms with Crippen molar-refractivity contribution in [2.24, 2.45) is 15.9 Å². The number of halogens is 1. The predicted molar refractivity (Wildman–Crippen MR) is 63.5 cm³/mol. The van der Waals surface area contributed by atoms with Gasteiger partial charge in [-0.15, -0.1) is 5.10 Å². The predicted octanol–water partition coefficient (Wildman–Crippen LogP) is 0.879. The highest BCUT2D eigenvalue weighted by Gasteiger charge is 1.96. The van der Waals surface area contributed by atoms with Crippen LogP contribution >= 0.6 is 15.9 Å². The molecule has 8 heteroatoms. The first-order valence-corrected chi connectivity index (χ1v) is 4.90. The van der Waals surface area contributed by atoms with Crippen molar-refractivity contribution in [3.63, 3.8) is 0 Å². The zero-order chi connectivity index (χ0) is 12.0. The van der Waals surface area contributed by atoms with Crippen LogP contribution in [0.4, 0.5) is 0 Å². The number of nitrogens with one attached hydrogen (secondary N) is 1. The Balaban J connectivity index is 2.60. The molecule has 1 aromatic rings. The van der Waals surface area contributed by atoms with Crippen LogP contribution < -0.4 is 11.2 Å². The van der Waals surface area contributed by atoms with Gasteiger partial charge in [-0.3, -0.25) is 0 Å². The Hall–Kier alpha value is -1.96. The smallest absolute Gasteiger partial charge is 0.275 e. The Bertz CT molecular complexity index is 429. The van der Waals surface area contributed by atoms with Crippen molar-refractivity contribution in [1.82, 2.24) is 5.43 Å². The Morgan fingerprint density at radius 3 is 2.69 bits per heavy atom. The van der Waals surface area contributed by atoms with E-state index in [9.17, 15) is 10.1 Å². The van der Waals surface area contributed by atoms with E-state index in [2.05, 4.69) is 26.1 Å². The molecule has 3 N–H and O–H groups in total. The van der Waals surface area contributed by atoms with Crippen LogP contribution in [0.1, 0.15) is 5.56 Å². The lowest BCUT2D eigenvalue weighted by molar-refractivity contribution is -0.525. The van der Waals surface area contributed by atoms with Crippen molar-refractivity contribution in [2.45, 2.75) is 0 Å². The highest BCUT2D eigenvalue weighted by Crippen LogP contribution is 2.08. The Kier molecular flexibility index (Phi) is 4.40. The summed E-state index contributed by atoms with van der Waals surface area (Å²) in [5.41, 5.74) is 7.61. The first-order valence-electron chi connectivity index (χ1n) is 4.11. The van der Waals surface area contributed by atoms with Crippen molar-refractivity contribution in [3.05, 3.63) is 44.4 Å². The van der Waals surface area contributed by atoms with Gasteiger partial charge < -0.3 is 5.73 Å². The molecule has 0 spiro atoms. The van der Waals surface area contributed by atoms with Crippen LogP contribution in [0.25, 0.3) is 0 Å². The number of nitrogens with zero attached hydrogens (tertiary/aromatic N) is 3. The summed E-state index contributed by atoms with van der Waals surface area (Å²) in [6, 6.07) is 7.29. The Morgan fingerprint density at radius 1 is 1.50 bits per heavy atom. The lowest BCUT2D eigenvalue weighted by Gasteiger charge is -1.92. The molecule has 0 aliphatic carbocycles. The lowest BCUT2D eigenvalue weighted by Crippen LogP contribution is -2.35. The van der Waals surface area contributed by atoms with Crippen LogP contribution in [0.15, 0.2) is 38.9 Å². The number of rotatable bonds is 3. The van der Waals surface area contributed by atoms with Gasteiger partial charge in [-0.25, -0.2) is 10.1 Å². The van der Waals surface area contributed by atoms with Crippen LogP contribution in [0.2, 0.25) is 0 Å². The molecule has 0 aliphatic rings. The van der Waals surface area contributed by atoms with E-state index in [0.29, 0.717) is 0 Å². The van der Waals surface area contributed by atoms with Crippen molar-refractivity contribution < 1.29 is 5.03 Å². The summed E-state index contributed by atoms with van der Waals surface area (Å²) < 4.78 is 0.947. The fourth-order valence-electron chi connectivity index (χ4n) is 0.822. The Morgan fingerprint density at radius 2 is 2.12 bits per heavy atom. The molecule has 0 bridgehead atoms. The third kappa shape index (κ3) is 4.51. The standard InChI is InChI=1S/C8H8BrN5O2/c9-7-3-1-6(2-4-7)5-11-12-8(10)13-14(15)16/h1-5H,(H3,10,12,13)/b11-5+. The van der Waals surface area contributed by atoms with Gasteiger partial charge >= 0.3 is 0 Å². The molecule has 1 rings (SSSR count). The topological polar surface area (TPSA) is 106 Å². The van der Waals surface area contributed by atoms with E-state index < -0.39 is 5.03 Å². The summed E-state index contributed by atoms with van der Waals surface area (Å²) in [6.07, 6.45) is 1.43. The van der Waals surface area contributed by atoms with Gasteiger partial charge in [0.05, 0.1) is 6.21 Å². The zero-order valence-corrected chi connectivity index (χ0v) is 9.59. The molecule has 0 fully saturated rings. The van der Waals surface area contributed by atoms with Gasteiger partial charge in [0.15, 0.2) is 5.03 Å². The van der Waals surface area contributed by atoms with Gasteiger partial charge in [-0.05, 0) is 17.7 Å². The highest BCUT2D eigenvalue weighted by atomic mass is 79.9. The fraction of sp³-hybridized carbons (Fsp3) is 0. The monoisotopic (exact) mass is 285 g/mol. The number of nitro groups is 1. The van der Waals surface area contributed by atoms with Crippen molar-refractivity contribution in [2.75, 3.05) is 0 Å². The second-order valence-corrected chi connectivity index (χ2v) is 3.57. The second kappa shape index (κ2) is 5.81. The van der Waals surface area contributed by atoms with E-state index in [1.165, 1.54) is 6.21 Å². The number of hydrazine groups is 1. The summed E-state index contributed by atoms with van der Waals surface area (Å²) in [5, 5.41) is 16.1. The van der Waals surface area contributed by atoms with Gasteiger partial charge in [0.2, 0.25) is 0 Å². The highest BCUT2D eigenvalue weighted by molar-refractivity contribution is 9.10. The third-order valence-corrected chi connectivity index (χ3v) is 1.98. The molecule has 0 saturated carbocycles. The number of benzene rings is 1. The first-order chi connectivity index (χ1) is 7.58. The summed E-state index contributed by atoms with van der Waals surface area (Å²) in [6.45, 7) is 0. The number of hydrogen-bond acceptors (Lipinski definition) is 4. The van der Waals surface area contributed by atoms with Crippen LogP contribution in [0, 0.1) is 10.1 Å². The minimum absolute atomic E-state index is 0.377. The van der Waals surface area contributed by atoms with Gasteiger partial charge in [0, 0.05) is 4.47 Å². The average molecular weight is 286 g/mol. The molecule has 0 unspecified atom stereocenters. The first kappa shape index (κ1) is 12.1. The van der Waals surface area contributed by atoms with Crippen LogP contribution in [-0.4, -0.2) is 17.2 Å². The normalized spacial score (nSPS) is 11.7. The average Bonchev–Trinajstić information content (AvgIpc) is 2.20. The molecule has 0 amide bonds. The molecule has 0 saturated heterocycles. The molecule has 0 aromatic heterocycles. The molecular weight excluding hydrogens is 278 g/mol. The van der Waals surface area contributed by atoms with Crippen LogP contribution in [0.5, 0.6) is 0 Å². The molecule has 7 nitrogen and oxygen atoms in total. The number of guanidine groups is 1. The summed E-state index contributed by atoms with van der Waals surface area (Å²) >= 11 is 3.29. The van der Waals surface area contributed by atoms with Gasteiger partial charge in [0.25, 0.3) is 5.96 Å². The maximum Gasteiger partial charge on any atom is 0.275 e. The van der Waals surface area contributed by atoms with Crippen molar-refractivity contribution in [1.29, 1.82) is 0 Å². The quantitative estimate of drug-likeness (QED) is 0.372. The summed E-state index contributed by atoms with van der Waals surface area (Å²) in [5.74, 6) is -0.377. The third-order valence-electron chi connectivity index (χ3n) is 1.45. The SMILES string of the molecule is N/C(=N/N=C/c1ccc(Br)cc1)N[N+](=O)[O-]. The lowest BCUT2D eigenvalue weighted by atomic mass is 10.2. The minimum atomic E-state index is -0.812. The Labute approximate surface area is 99.3 Å². The second-order valence-electron chi connectivity index (χ2n) is 2.65. The van der Waals surface area contributed by atoms with E-state index in [4.69, 9.17) is 5.73 Å². The van der Waals surface area contributed by atoms with E-state index in [-0.39, 0.29) is 5.96 Å². The molecule has 0 radical (unpaired) electrons. The number of hydrogen-bond donors (Lipinski definition) is 2. The van der Waals surface area contributed by atoms with Crippen LogP contribution in [-0.2, 0) is 0 Å². The van der Waals surface area contributed by atoms with Gasteiger partial charge in [-0.1, -0.05) is 33.5 Å². The molecular formula is C8H8BrN5O2. The molecule has 84 valence electrons. The minimum Gasteiger partial charge on any atom is -0.364 e. The van der Waals surface area contributed by atoms with Crippen molar-refractivity contribution >= 4 is 28.1 Å². The van der Waals surface area contributed by atoms with E-state index in [1.54, 1.807) is 17.6 Å². The molecule has 1 aromatic carbocycles. The molecule has 0 aliphatic heterocycles. The van der Waals surface area contributed by atoms with E-state index >= 15 is 0 Å². The maximum absolute atomic E-state index is 9.96. The van der Waals surface area contributed by atoms with Crippen molar-refractivity contribution in [3.8, 4) is 0 Å². The van der Waals surface area contributed by atoms with E-state index in [0.717, 1.165) is 10.0 Å². The number of nitrogens with two attached hydrogens (primary N) is 1. The largest absolute Gasteiger partial charge is 0.364 e. The summed E-state index contributed by atoms with van der Waals surface area (Å²) in [4.78, 5) is 9.96. The fourth-order valence-corrected chi connectivity index (χ4v) is 1.09. The van der Waals surface area contributed by atoms with Gasteiger partial charge in [-0.2, -0.15) is 5.10 Å². The summed E-state index contributed by atoms with van der Waals surface area (Å²) in [7, 11) is 0.